The molecule has 24 heavy (non-hydrogen) atoms. The number of furan rings is 1. The molecule has 1 saturated heterocycles. The number of rotatable bonds is 5. The smallest absolute Gasteiger partial charge is 0.226 e. The fourth-order valence-electron chi connectivity index (χ4n) is 3.70. The van der Waals surface area contributed by atoms with Crippen LogP contribution in [0.3, 0.4) is 0 Å². The van der Waals surface area contributed by atoms with E-state index in [0.717, 1.165) is 50.3 Å². The van der Waals surface area contributed by atoms with Crippen molar-refractivity contribution in [1.82, 2.24) is 14.5 Å². The molecule has 4 rings (SSSR count). The minimum atomic E-state index is 0.0190. The molecule has 2 aromatic rings. The third-order valence-electron chi connectivity index (χ3n) is 5.01. The van der Waals surface area contributed by atoms with E-state index in [1.165, 1.54) is 0 Å². The van der Waals surface area contributed by atoms with Crippen molar-refractivity contribution >= 4 is 5.91 Å². The standard InChI is InChI=1S/C18H23N3O3/c22-18(14-5-6-20-13-19-10-15(20)9-14)21(11-16-3-1-7-23-16)12-17-4-2-8-24-17/h1,3,7,10,13-14,17H,2,4-6,8-9,11-12H2/t14-,17+/m1/s1. The molecular weight excluding hydrogens is 306 g/mol. The fourth-order valence-corrected chi connectivity index (χ4v) is 3.70. The van der Waals surface area contributed by atoms with Crippen LogP contribution in [0.1, 0.15) is 30.7 Å². The highest BCUT2D eigenvalue weighted by Crippen LogP contribution is 2.24. The number of amides is 1. The first kappa shape index (κ1) is 15.4. The molecule has 128 valence electrons. The lowest BCUT2D eigenvalue weighted by atomic mass is 9.94. The van der Waals surface area contributed by atoms with Crippen molar-refractivity contribution in [2.75, 3.05) is 13.2 Å². The maximum Gasteiger partial charge on any atom is 0.226 e. The molecule has 1 fully saturated rings. The van der Waals surface area contributed by atoms with Crippen LogP contribution in [0.2, 0.25) is 0 Å². The van der Waals surface area contributed by atoms with Gasteiger partial charge in [0.15, 0.2) is 0 Å². The predicted molar refractivity (Wildman–Crippen MR) is 87.1 cm³/mol. The summed E-state index contributed by atoms with van der Waals surface area (Å²) >= 11 is 0. The zero-order valence-corrected chi connectivity index (χ0v) is 13.8. The third-order valence-corrected chi connectivity index (χ3v) is 5.01. The summed E-state index contributed by atoms with van der Waals surface area (Å²) in [6, 6.07) is 3.79. The van der Waals surface area contributed by atoms with Crippen LogP contribution in [0.4, 0.5) is 0 Å². The molecule has 4 heterocycles. The Balaban J connectivity index is 1.47. The van der Waals surface area contributed by atoms with Gasteiger partial charge in [0.05, 0.1) is 25.2 Å². The van der Waals surface area contributed by atoms with Crippen LogP contribution >= 0.6 is 0 Å². The number of ether oxygens (including phenoxy) is 1. The second-order valence-corrected chi connectivity index (χ2v) is 6.70. The average molecular weight is 329 g/mol. The largest absolute Gasteiger partial charge is 0.467 e. The Kier molecular flexibility index (Phi) is 4.38. The highest BCUT2D eigenvalue weighted by molar-refractivity contribution is 5.79. The topological polar surface area (TPSA) is 60.5 Å². The van der Waals surface area contributed by atoms with Crippen molar-refractivity contribution in [2.24, 2.45) is 5.92 Å². The summed E-state index contributed by atoms with van der Waals surface area (Å²) in [7, 11) is 0. The molecule has 6 nitrogen and oxygen atoms in total. The molecule has 0 N–H and O–H groups in total. The second kappa shape index (κ2) is 6.81. The summed E-state index contributed by atoms with van der Waals surface area (Å²) in [6.07, 6.45) is 9.26. The molecule has 0 aromatic carbocycles. The molecule has 0 saturated carbocycles. The molecule has 0 unspecified atom stereocenters. The number of fused-ring (bicyclic) bond motifs is 1. The first-order valence-electron chi connectivity index (χ1n) is 8.71. The molecule has 6 heteroatoms. The molecule has 0 spiro atoms. The number of hydrogen-bond acceptors (Lipinski definition) is 4. The zero-order chi connectivity index (χ0) is 16.4. The molecule has 0 radical (unpaired) electrons. The van der Waals surface area contributed by atoms with Gasteiger partial charge >= 0.3 is 0 Å². The maximum absolute atomic E-state index is 13.1. The van der Waals surface area contributed by atoms with E-state index in [1.807, 2.05) is 29.6 Å². The van der Waals surface area contributed by atoms with Gasteiger partial charge in [0.25, 0.3) is 0 Å². The van der Waals surface area contributed by atoms with Gasteiger partial charge in [0, 0.05) is 43.9 Å². The predicted octanol–water partition coefficient (Wildman–Crippen LogP) is 2.25. The minimum absolute atomic E-state index is 0.0190. The van der Waals surface area contributed by atoms with Crippen LogP contribution < -0.4 is 0 Å². The first-order chi connectivity index (χ1) is 11.8. The maximum atomic E-state index is 13.1. The monoisotopic (exact) mass is 329 g/mol. The Morgan fingerprint density at radius 3 is 3.17 bits per heavy atom. The molecule has 2 aliphatic heterocycles. The summed E-state index contributed by atoms with van der Waals surface area (Å²) in [5, 5.41) is 0. The normalized spacial score (nSPS) is 23.2. The van der Waals surface area contributed by atoms with Gasteiger partial charge in [-0.1, -0.05) is 0 Å². The Morgan fingerprint density at radius 1 is 1.42 bits per heavy atom. The lowest BCUT2D eigenvalue weighted by Crippen LogP contribution is -2.42. The number of aryl methyl sites for hydroxylation is 1. The molecule has 0 bridgehead atoms. The van der Waals surface area contributed by atoms with E-state index in [4.69, 9.17) is 9.15 Å². The number of imidazole rings is 1. The third kappa shape index (κ3) is 3.24. The number of aromatic nitrogens is 2. The number of hydrogen-bond donors (Lipinski definition) is 0. The van der Waals surface area contributed by atoms with Crippen molar-refractivity contribution < 1.29 is 13.9 Å². The number of carbonyl (C=O) groups is 1. The van der Waals surface area contributed by atoms with Gasteiger partial charge < -0.3 is 18.6 Å². The lowest BCUT2D eigenvalue weighted by Gasteiger charge is -2.31. The van der Waals surface area contributed by atoms with E-state index in [-0.39, 0.29) is 17.9 Å². The van der Waals surface area contributed by atoms with E-state index in [9.17, 15) is 4.79 Å². The SMILES string of the molecule is O=C([C@@H]1CCn2cncc2C1)N(Cc1ccco1)C[C@@H]1CCCO1. The summed E-state index contributed by atoms with van der Waals surface area (Å²) in [5.41, 5.74) is 1.15. The van der Waals surface area contributed by atoms with E-state index in [0.29, 0.717) is 13.1 Å². The van der Waals surface area contributed by atoms with Gasteiger partial charge in [-0.15, -0.1) is 0 Å². The summed E-state index contributed by atoms with van der Waals surface area (Å²) in [5.74, 6) is 1.04. The van der Waals surface area contributed by atoms with Gasteiger partial charge in [0.2, 0.25) is 5.91 Å². The zero-order valence-electron chi connectivity index (χ0n) is 13.8. The molecule has 0 aliphatic carbocycles. The highest BCUT2D eigenvalue weighted by atomic mass is 16.5. The quantitative estimate of drug-likeness (QED) is 0.844. The Labute approximate surface area is 141 Å². The van der Waals surface area contributed by atoms with E-state index >= 15 is 0 Å². The minimum Gasteiger partial charge on any atom is -0.467 e. The van der Waals surface area contributed by atoms with Gasteiger partial charge in [-0.2, -0.15) is 0 Å². The van der Waals surface area contributed by atoms with E-state index in [1.54, 1.807) is 6.26 Å². The lowest BCUT2D eigenvalue weighted by molar-refractivity contribution is -0.138. The molecule has 1 amide bonds. The van der Waals surface area contributed by atoms with Crippen molar-refractivity contribution in [2.45, 2.75) is 44.9 Å². The van der Waals surface area contributed by atoms with Crippen LogP contribution in [-0.2, 0) is 29.0 Å². The fraction of sp³-hybridized carbons (Fsp3) is 0.556. The van der Waals surface area contributed by atoms with Gasteiger partial charge in [-0.25, -0.2) is 4.98 Å². The summed E-state index contributed by atoms with van der Waals surface area (Å²) in [4.78, 5) is 19.3. The summed E-state index contributed by atoms with van der Waals surface area (Å²) in [6.45, 7) is 2.83. The van der Waals surface area contributed by atoms with Gasteiger partial charge in [0.1, 0.15) is 5.76 Å². The van der Waals surface area contributed by atoms with Crippen molar-refractivity contribution in [3.63, 3.8) is 0 Å². The average Bonchev–Trinajstić information content (AvgIpc) is 3.35. The van der Waals surface area contributed by atoms with Crippen LogP contribution in [0.25, 0.3) is 0 Å². The molecule has 2 aliphatic rings. The van der Waals surface area contributed by atoms with Crippen LogP contribution in [0.15, 0.2) is 35.3 Å². The van der Waals surface area contributed by atoms with Crippen LogP contribution in [-0.4, -0.2) is 39.6 Å². The van der Waals surface area contributed by atoms with Gasteiger partial charge in [-0.3, -0.25) is 4.79 Å². The Bertz CT molecular complexity index is 674. The molecular formula is C18H23N3O3. The molecule has 2 atom stereocenters. The summed E-state index contributed by atoms with van der Waals surface area (Å²) < 4.78 is 13.3. The molecule has 2 aromatic heterocycles. The van der Waals surface area contributed by atoms with Crippen molar-refractivity contribution in [3.8, 4) is 0 Å². The van der Waals surface area contributed by atoms with E-state index in [2.05, 4.69) is 9.55 Å². The number of nitrogens with zero attached hydrogens (tertiary/aromatic N) is 3. The highest BCUT2D eigenvalue weighted by Gasteiger charge is 2.31. The van der Waals surface area contributed by atoms with Gasteiger partial charge in [-0.05, 0) is 31.4 Å². The van der Waals surface area contributed by atoms with Crippen LogP contribution in [0.5, 0.6) is 0 Å². The van der Waals surface area contributed by atoms with Crippen molar-refractivity contribution in [3.05, 3.63) is 42.4 Å². The van der Waals surface area contributed by atoms with E-state index < -0.39 is 0 Å². The second-order valence-electron chi connectivity index (χ2n) is 6.70. The first-order valence-corrected chi connectivity index (χ1v) is 8.71. The van der Waals surface area contributed by atoms with Crippen LogP contribution in [0, 0.1) is 5.92 Å². The Morgan fingerprint density at radius 2 is 2.38 bits per heavy atom. The number of carbonyl (C=O) groups excluding carboxylic acids is 1. The van der Waals surface area contributed by atoms with Crippen molar-refractivity contribution in [1.29, 1.82) is 0 Å². The Hall–Kier alpha value is -2.08.